The molecule has 4 rings (SSSR count). The highest BCUT2D eigenvalue weighted by molar-refractivity contribution is 5.40. The van der Waals surface area contributed by atoms with Crippen LogP contribution < -0.4 is 0 Å². The molecule has 0 heterocycles. The second-order valence-corrected chi connectivity index (χ2v) is 7.98. The average Bonchev–Trinajstić information content (AvgIpc) is 2.79. The van der Waals surface area contributed by atoms with Gasteiger partial charge >= 0.3 is 0 Å². The summed E-state index contributed by atoms with van der Waals surface area (Å²) in [5.41, 5.74) is 1.69. The van der Waals surface area contributed by atoms with E-state index in [0.29, 0.717) is 23.5 Å². The summed E-state index contributed by atoms with van der Waals surface area (Å²) in [6.07, 6.45) is 5.99. The van der Waals surface area contributed by atoms with Crippen molar-refractivity contribution in [3.8, 4) is 5.75 Å². The molecule has 0 aromatic heterocycles. The van der Waals surface area contributed by atoms with Gasteiger partial charge in [0, 0.05) is 5.41 Å². The van der Waals surface area contributed by atoms with E-state index in [1.165, 1.54) is 11.1 Å². The van der Waals surface area contributed by atoms with Crippen LogP contribution in [0.3, 0.4) is 0 Å². The first-order valence-electron chi connectivity index (χ1n) is 8.63. The van der Waals surface area contributed by atoms with Crippen molar-refractivity contribution in [2.45, 2.75) is 57.0 Å². The van der Waals surface area contributed by atoms with E-state index in [2.05, 4.69) is 13.0 Å². The van der Waals surface area contributed by atoms with Gasteiger partial charge in [0.05, 0.1) is 12.2 Å². The number of phenolic OH excluding ortho intramolecular Hbond substituents is 1. The van der Waals surface area contributed by atoms with E-state index in [1.54, 1.807) is 0 Å². The van der Waals surface area contributed by atoms with Gasteiger partial charge in [0.25, 0.3) is 0 Å². The van der Waals surface area contributed by atoms with E-state index in [4.69, 9.17) is 0 Å². The minimum absolute atomic E-state index is 0.109. The van der Waals surface area contributed by atoms with Crippen LogP contribution in [0, 0.1) is 17.3 Å². The van der Waals surface area contributed by atoms with Gasteiger partial charge in [0.2, 0.25) is 0 Å². The molecular weight excluding hydrogens is 276 g/mol. The van der Waals surface area contributed by atoms with E-state index >= 15 is 0 Å². The molecule has 3 aliphatic carbocycles. The normalized spacial score (nSPS) is 43.3. The third-order valence-corrected chi connectivity index (χ3v) is 7.29. The molecule has 120 valence electrons. The number of aromatic hydroxyl groups is 1. The SMILES string of the molecule is CC12CCC3c4ccc(O)cc4CCC3C1CCC2(O)CO. The smallest absolute Gasteiger partial charge is 0.115 e. The molecule has 3 N–H and O–H groups in total. The molecule has 0 spiro atoms. The zero-order valence-electron chi connectivity index (χ0n) is 13.3. The molecule has 3 heteroatoms. The Hall–Kier alpha value is -1.06. The fraction of sp³-hybridized carbons (Fsp3) is 0.684. The minimum Gasteiger partial charge on any atom is -0.508 e. The highest BCUT2D eigenvalue weighted by atomic mass is 16.3. The van der Waals surface area contributed by atoms with Crippen molar-refractivity contribution in [3.05, 3.63) is 29.3 Å². The number of aliphatic hydroxyl groups is 2. The Kier molecular flexibility index (Phi) is 3.11. The summed E-state index contributed by atoms with van der Waals surface area (Å²) in [5.74, 6) is 2.04. The predicted octanol–water partition coefficient (Wildman–Crippen LogP) is 2.97. The lowest BCUT2D eigenvalue weighted by molar-refractivity contribution is -0.127. The van der Waals surface area contributed by atoms with Crippen LogP contribution in [-0.2, 0) is 6.42 Å². The van der Waals surface area contributed by atoms with E-state index in [0.717, 1.165) is 38.5 Å². The van der Waals surface area contributed by atoms with E-state index in [1.807, 2.05) is 12.1 Å². The van der Waals surface area contributed by atoms with Crippen LogP contribution in [0.5, 0.6) is 5.75 Å². The Bertz CT molecular complexity index is 598. The fourth-order valence-corrected chi connectivity index (χ4v) is 5.94. The Morgan fingerprint density at radius 1 is 1.18 bits per heavy atom. The maximum absolute atomic E-state index is 10.9. The third-order valence-electron chi connectivity index (χ3n) is 7.29. The van der Waals surface area contributed by atoms with Gasteiger partial charge in [0.1, 0.15) is 5.75 Å². The standard InChI is InChI=1S/C19H26O3/c1-18-8-6-15-14-5-3-13(21)10-12(14)2-4-16(15)17(18)7-9-19(18,22)11-20/h3,5,10,15-17,20-22H,2,4,6-9,11H2,1H3. The van der Waals surface area contributed by atoms with E-state index in [9.17, 15) is 15.3 Å². The van der Waals surface area contributed by atoms with Crippen molar-refractivity contribution >= 4 is 0 Å². The Morgan fingerprint density at radius 2 is 2.00 bits per heavy atom. The topological polar surface area (TPSA) is 60.7 Å². The molecule has 0 radical (unpaired) electrons. The van der Waals surface area contributed by atoms with E-state index in [-0.39, 0.29) is 12.0 Å². The molecule has 5 unspecified atom stereocenters. The van der Waals surface area contributed by atoms with Gasteiger partial charge in [-0.25, -0.2) is 0 Å². The summed E-state index contributed by atoms with van der Waals surface area (Å²) < 4.78 is 0. The average molecular weight is 302 g/mol. The summed E-state index contributed by atoms with van der Waals surface area (Å²) in [5, 5.41) is 30.3. The van der Waals surface area contributed by atoms with Gasteiger partial charge < -0.3 is 15.3 Å². The number of benzene rings is 1. The Labute approximate surface area is 132 Å². The lowest BCUT2D eigenvalue weighted by atomic mass is 9.53. The van der Waals surface area contributed by atoms with Gasteiger partial charge in [-0.15, -0.1) is 0 Å². The van der Waals surface area contributed by atoms with Crippen LogP contribution in [0.1, 0.15) is 56.1 Å². The van der Waals surface area contributed by atoms with Crippen molar-refractivity contribution in [1.29, 1.82) is 0 Å². The van der Waals surface area contributed by atoms with Crippen LogP contribution in [0.15, 0.2) is 18.2 Å². The number of aryl methyl sites for hydroxylation is 1. The molecule has 0 bridgehead atoms. The van der Waals surface area contributed by atoms with Gasteiger partial charge in [-0.3, -0.25) is 0 Å². The quantitative estimate of drug-likeness (QED) is 0.747. The second kappa shape index (κ2) is 4.72. The number of hydrogen-bond donors (Lipinski definition) is 3. The molecule has 0 amide bonds. The molecule has 0 aliphatic heterocycles. The van der Waals surface area contributed by atoms with Crippen molar-refractivity contribution < 1.29 is 15.3 Å². The molecule has 1 aromatic rings. The highest BCUT2D eigenvalue weighted by Crippen LogP contribution is 2.64. The van der Waals surface area contributed by atoms with Gasteiger partial charge in [-0.05, 0) is 79.5 Å². The largest absolute Gasteiger partial charge is 0.508 e. The monoisotopic (exact) mass is 302 g/mol. The van der Waals surface area contributed by atoms with E-state index < -0.39 is 5.60 Å². The maximum atomic E-state index is 10.9. The molecule has 5 atom stereocenters. The van der Waals surface area contributed by atoms with Gasteiger partial charge in [-0.1, -0.05) is 13.0 Å². The first-order valence-corrected chi connectivity index (χ1v) is 8.63. The lowest BCUT2D eigenvalue weighted by Gasteiger charge is -2.53. The summed E-state index contributed by atoms with van der Waals surface area (Å²) in [4.78, 5) is 0. The molecule has 2 saturated carbocycles. The number of phenols is 1. The first-order chi connectivity index (χ1) is 10.5. The summed E-state index contributed by atoms with van der Waals surface area (Å²) >= 11 is 0. The Balaban J connectivity index is 1.70. The predicted molar refractivity (Wildman–Crippen MR) is 84.8 cm³/mol. The van der Waals surface area contributed by atoms with Crippen molar-refractivity contribution in [2.75, 3.05) is 6.61 Å². The summed E-state index contributed by atoms with van der Waals surface area (Å²) in [6.45, 7) is 2.09. The number of hydrogen-bond acceptors (Lipinski definition) is 3. The molecular formula is C19H26O3. The molecule has 3 aliphatic rings. The zero-order valence-corrected chi connectivity index (χ0v) is 13.3. The van der Waals surface area contributed by atoms with Crippen molar-refractivity contribution in [1.82, 2.24) is 0 Å². The highest BCUT2D eigenvalue weighted by Gasteiger charge is 2.61. The Morgan fingerprint density at radius 3 is 2.77 bits per heavy atom. The number of aliphatic hydroxyl groups excluding tert-OH is 1. The first kappa shape index (κ1) is 14.5. The van der Waals surface area contributed by atoms with Crippen LogP contribution in [0.4, 0.5) is 0 Å². The van der Waals surface area contributed by atoms with Crippen molar-refractivity contribution in [2.24, 2.45) is 17.3 Å². The summed E-state index contributed by atoms with van der Waals surface area (Å²) in [7, 11) is 0. The third kappa shape index (κ3) is 1.75. The zero-order chi connectivity index (χ0) is 15.5. The van der Waals surface area contributed by atoms with Crippen LogP contribution in [0.25, 0.3) is 0 Å². The summed E-state index contributed by atoms with van der Waals surface area (Å²) in [6, 6.07) is 5.85. The van der Waals surface area contributed by atoms with Crippen LogP contribution in [0.2, 0.25) is 0 Å². The molecule has 3 nitrogen and oxygen atoms in total. The lowest BCUT2D eigenvalue weighted by Crippen LogP contribution is -2.52. The van der Waals surface area contributed by atoms with Crippen LogP contribution in [-0.4, -0.2) is 27.5 Å². The number of fused-ring (bicyclic) bond motifs is 5. The number of rotatable bonds is 1. The maximum Gasteiger partial charge on any atom is 0.115 e. The van der Waals surface area contributed by atoms with Crippen molar-refractivity contribution in [3.63, 3.8) is 0 Å². The van der Waals surface area contributed by atoms with Gasteiger partial charge in [-0.2, -0.15) is 0 Å². The molecule has 22 heavy (non-hydrogen) atoms. The van der Waals surface area contributed by atoms with Crippen LogP contribution >= 0.6 is 0 Å². The minimum atomic E-state index is -0.891. The fourth-order valence-electron chi connectivity index (χ4n) is 5.94. The molecule has 0 saturated heterocycles. The van der Waals surface area contributed by atoms with Gasteiger partial charge in [0.15, 0.2) is 0 Å². The second-order valence-electron chi connectivity index (χ2n) is 7.98. The molecule has 2 fully saturated rings. The molecule has 1 aromatic carbocycles.